The topological polar surface area (TPSA) is 59.4 Å². The van der Waals surface area contributed by atoms with Crippen LogP contribution in [0.3, 0.4) is 0 Å². The third kappa shape index (κ3) is 6.26. The number of aliphatic hydroxyl groups is 1. The lowest BCUT2D eigenvalue weighted by molar-refractivity contribution is -0.137. The highest BCUT2D eigenvalue weighted by atomic mass is 32.1. The fourth-order valence-corrected chi connectivity index (χ4v) is 4.66. The predicted molar refractivity (Wildman–Crippen MR) is 128 cm³/mol. The number of aromatic nitrogens is 1. The molecule has 180 valence electrons. The van der Waals surface area contributed by atoms with Crippen LogP contribution in [0.1, 0.15) is 58.2 Å². The molecule has 1 aromatic heterocycles. The number of hydrogen-bond donors (Lipinski definition) is 1. The van der Waals surface area contributed by atoms with Gasteiger partial charge in [0.05, 0.1) is 11.3 Å². The van der Waals surface area contributed by atoms with Gasteiger partial charge < -0.3 is 9.84 Å². The largest absolute Gasteiger partial charge is 0.509 e. The second-order valence-corrected chi connectivity index (χ2v) is 9.40. The van der Waals surface area contributed by atoms with Gasteiger partial charge in [0, 0.05) is 22.4 Å². The second kappa shape index (κ2) is 10.4. The van der Waals surface area contributed by atoms with E-state index in [-0.39, 0.29) is 30.5 Å². The molecule has 0 saturated heterocycles. The van der Waals surface area contributed by atoms with Gasteiger partial charge in [0.25, 0.3) is 0 Å². The van der Waals surface area contributed by atoms with E-state index in [9.17, 15) is 23.1 Å². The van der Waals surface area contributed by atoms with Gasteiger partial charge in [-0.15, -0.1) is 11.3 Å². The van der Waals surface area contributed by atoms with Crippen molar-refractivity contribution in [3.05, 3.63) is 82.1 Å². The summed E-state index contributed by atoms with van der Waals surface area (Å²) in [6.45, 7) is 9.19. The highest BCUT2D eigenvalue weighted by Gasteiger charge is 2.30. The van der Waals surface area contributed by atoms with Crippen LogP contribution in [0.5, 0.6) is 5.75 Å². The van der Waals surface area contributed by atoms with E-state index in [2.05, 4.69) is 11.6 Å². The number of rotatable bonds is 9. The van der Waals surface area contributed by atoms with Crippen LogP contribution in [-0.2, 0) is 12.6 Å². The summed E-state index contributed by atoms with van der Waals surface area (Å²) in [5, 5.41) is 9.82. The number of hydrogen-bond acceptors (Lipinski definition) is 5. The second-order valence-electron chi connectivity index (χ2n) is 8.32. The Morgan fingerprint density at radius 2 is 1.85 bits per heavy atom. The first-order valence-electron chi connectivity index (χ1n) is 10.8. The molecule has 34 heavy (non-hydrogen) atoms. The Balaban J connectivity index is 1.74. The molecule has 0 spiro atoms. The molecule has 0 aliphatic rings. The fraction of sp³-hybridized carbons (Fsp3) is 0.308. The minimum absolute atomic E-state index is 0.0151. The number of carbonyl (C=O) groups excluding carboxylic acids is 1. The van der Waals surface area contributed by atoms with E-state index in [4.69, 9.17) is 4.74 Å². The number of Topliss-reactive ketones (excluding diaryl/α,β-unsaturated/α-hetero) is 1. The molecule has 0 radical (unpaired) electrons. The molecule has 3 rings (SSSR count). The van der Waals surface area contributed by atoms with Gasteiger partial charge in [0.2, 0.25) is 0 Å². The monoisotopic (exact) mass is 489 g/mol. The van der Waals surface area contributed by atoms with Gasteiger partial charge in [-0.05, 0) is 55.2 Å². The van der Waals surface area contributed by atoms with Gasteiger partial charge in [-0.1, -0.05) is 32.6 Å². The molecule has 1 N–H and O–H groups in total. The summed E-state index contributed by atoms with van der Waals surface area (Å²) in [5.74, 6) is 0.572. The Labute approximate surface area is 200 Å². The van der Waals surface area contributed by atoms with Crippen LogP contribution in [0.4, 0.5) is 13.2 Å². The molecule has 2 aromatic carbocycles. The standard InChI is InChI=1S/C26H26F3NO3S/c1-15(2)24-23(34-25(30-24)18-5-8-20(9-6-18)26(27,28)29)12-10-21(32)19-7-11-22(16(3)13-19)33-14-17(4)31/h5-9,11,13,15,31H,4,10,12,14H2,1-3H3. The van der Waals surface area contributed by atoms with Crippen molar-refractivity contribution >= 4 is 17.1 Å². The summed E-state index contributed by atoms with van der Waals surface area (Å²) >= 11 is 1.41. The first-order chi connectivity index (χ1) is 16.0. The van der Waals surface area contributed by atoms with Crippen molar-refractivity contribution in [1.82, 2.24) is 4.98 Å². The van der Waals surface area contributed by atoms with Crippen molar-refractivity contribution < 1.29 is 27.8 Å². The van der Waals surface area contributed by atoms with E-state index in [1.165, 1.54) is 23.5 Å². The summed E-state index contributed by atoms with van der Waals surface area (Å²) in [6, 6.07) is 10.1. The molecule has 0 aliphatic carbocycles. The maximum Gasteiger partial charge on any atom is 0.416 e. The van der Waals surface area contributed by atoms with Crippen molar-refractivity contribution in [1.29, 1.82) is 0 Å². The lowest BCUT2D eigenvalue weighted by Gasteiger charge is -2.10. The van der Waals surface area contributed by atoms with Crippen LogP contribution >= 0.6 is 11.3 Å². The number of halogens is 3. The minimum atomic E-state index is -4.38. The number of benzene rings is 2. The number of alkyl halides is 3. The molecule has 8 heteroatoms. The molecular weight excluding hydrogens is 463 g/mol. The average Bonchev–Trinajstić information content (AvgIpc) is 3.20. The van der Waals surface area contributed by atoms with Crippen LogP contribution in [0.15, 0.2) is 54.8 Å². The summed E-state index contributed by atoms with van der Waals surface area (Å²) in [6.07, 6.45) is -3.61. The average molecular weight is 490 g/mol. The molecule has 0 unspecified atom stereocenters. The zero-order valence-electron chi connectivity index (χ0n) is 19.2. The Hall–Kier alpha value is -3.13. The lowest BCUT2D eigenvalue weighted by atomic mass is 10.0. The molecular formula is C26H26F3NO3S. The van der Waals surface area contributed by atoms with E-state index >= 15 is 0 Å². The SMILES string of the molecule is C=C(O)COc1ccc(C(=O)CCc2sc(-c3ccc(C(F)(F)F)cc3)nc2C(C)C)cc1C. The Morgan fingerprint density at radius 1 is 1.18 bits per heavy atom. The van der Waals surface area contributed by atoms with Crippen molar-refractivity contribution in [2.45, 2.75) is 45.7 Å². The summed E-state index contributed by atoms with van der Waals surface area (Å²) in [4.78, 5) is 18.4. The number of ketones is 1. The molecule has 3 aromatic rings. The van der Waals surface area contributed by atoms with Gasteiger partial charge in [0.1, 0.15) is 23.1 Å². The third-order valence-electron chi connectivity index (χ3n) is 5.20. The van der Waals surface area contributed by atoms with Crippen LogP contribution in [0.2, 0.25) is 0 Å². The first kappa shape index (κ1) is 25.5. The van der Waals surface area contributed by atoms with Gasteiger partial charge in [-0.2, -0.15) is 13.2 Å². The van der Waals surface area contributed by atoms with E-state index in [0.717, 1.165) is 28.3 Å². The number of aliphatic hydroxyl groups excluding tert-OH is 1. The molecule has 0 saturated carbocycles. The number of ether oxygens (including phenoxy) is 1. The van der Waals surface area contributed by atoms with Gasteiger partial charge in [0.15, 0.2) is 5.78 Å². The zero-order chi connectivity index (χ0) is 25.0. The Morgan fingerprint density at radius 3 is 2.41 bits per heavy atom. The van der Waals surface area contributed by atoms with Gasteiger partial charge in [-0.25, -0.2) is 4.98 Å². The van der Waals surface area contributed by atoms with Gasteiger partial charge >= 0.3 is 6.18 Å². The van der Waals surface area contributed by atoms with Crippen molar-refractivity contribution in [3.63, 3.8) is 0 Å². The smallest absolute Gasteiger partial charge is 0.416 e. The first-order valence-corrected chi connectivity index (χ1v) is 11.6. The minimum Gasteiger partial charge on any atom is -0.509 e. The lowest BCUT2D eigenvalue weighted by Crippen LogP contribution is -2.05. The maximum absolute atomic E-state index is 12.9. The summed E-state index contributed by atoms with van der Waals surface area (Å²) < 4.78 is 44.0. The van der Waals surface area contributed by atoms with Crippen molar-refractivity contribution in [3.8, 4) is 16.3 Å². The molecule has 4 nitrogen and oxygen atoms in total. The van der Waals surface area contributed by atoms with Crippen LogP contribution in [-0.4, -0.2) is 22.5 Å². The number of carbonyl (C=O) groups is 1. The van der Waals surface area contributed by atoms with E-state index in [1.807, 2.05) is 20.8 Å². The van der Waals surface area contributed by atoms with Crippen LogP contribution in [0.25, 0.3) is 10.6 Å². The number of aryl methyl sites for hydroxylation is 2. The van der Waals surface area contributed by atoms with Crippen LogP contribution in [0, 0.1) is 6.92 Å². The molecule has 0 fully saturated rings. The number of thiazole rings is 1. The molecule has 0 bridgehead atoms. The Kier molecular flexibility index (Phi) is 7.82. The van der Waals surface area contributed by atoms with Gasteiger partial charge in [-0.3, -0.25) is 4.79 Å². The van der Waals surface area contributed by atoms with Crippen LogP contribution < -0.4 is 4.74 Å². The Bertz CT molecular complexity index is 1180. The highest BCUT2D eigenvalue weighted by Crippen LogP contribution is 2.35. The zero-order valence-corrected chi connectivity index (χ0v) is 20.0. The molecule has 0 amide bonds. The predicted octanol–water partition coefficient (Wildman–Crippen LogP) is 7.53. The fourth-order valence-electron chi connectivity index (χ4n) is 3.44. The van der Waals surface area contributed by atoms with E-state index in [1.54, 1.807) is 18.2 Å². The molecule has 1 heterocycles. The number of nitrogens with zero attached hydrogens (tertiary/aromatic N) is 1. The quantitative estimate of drug-likeness (QED) is 0.249. The maximum atomic E-state index is 12.9. The summed E-state index contributed by atoms with van der Waals surface area (Å²) in [5.41, 5.74) is 2.12. The van der Waals surface area contributed by atoms with E-state index < -0.39 is 11.7 Å². The van der Waals surface area contributed by atoms with Crippen molar-refractivity contribution in [2.75, 3.05) is 6.61 Å². The molecule has 0 aliphatic heterocycles. The third-order valence-corrected chi connectivity index (χ3v) is 6.38. The van der Waals surface area contributed by atoms with Crippen molar-refractivity contribution in [2.24, 2.45) is 0 Å². The molecule has 0 atom stereocenters. The summed E-state index contributed by atoms with van der Waals surface area (Å²) in [7, 11) is 0. The highest BCUT2D eigenvalue weighted by molar-refractivity contribution is 7.15. The van der Waals surface area contributed by atoms with E-state index in [0.29, 0.717) is 28.3 Å². The normalized spacial score (nSPS) is 11.6.